The average molecular weight is 1610 g/mol. The number of hydrogen-bond donors (Lipinski definition) is 0. The van der Waals surface area contributed by atoms with Gasteiger partial charge in [-0.2, -0.15) is 0 Å². The van der Waals surface area contributed by atoms with Gasteiger partial charge in [0, 0.05) is 120 Å². The van der Waals surface area contributed by atoms with Gasteiger partial charge in [0.2, 0.25) is 0 Å². The quantitative estimate of drug-likeness (QED) is 0.0542. The van der Waals surface area contributed by atoms with Crippen LogP contribution >= 0.6 is 0 Å². The monoisotopic (exact) mass is 1610 g/mol. The number of nitrogens with zero attached hydrogens (tertiary/aromatic N) is 6. The van der Waals surface area contributed by atoms with Crippen molar-refractivity contribution in [2.24, 2.45) is 33.5 Å². The molecule has 6 aliphatic heterocycles. The number of halogens is 3. The average Bonchev–Trinajstić information content (AvgIpc) is 1.17. The Kier molecular flexibility index (Phi) is 40.3. The molecule has 0 radical (unpaired) electrons. The zero-order valence-electron chi connectivity index (χ0n) is 74.1. The van der Waals surface area contributed by atoms with Crippen molar-refractivity contribution in [3.05, 3.63) is 214 Å². The second-order valence-corrected chi connectivity index (χ2v) is 36.7. The van der Waals surface area contributed by atoms with Crippen molar-refractivity contribution in [2.45, 2.75) is 277 Å². The van der Waals surface area contributed by atoms with Crippen LogP contribution in [0.5, 0.6) is 0 Å². The summed E-state index contributed by atoms with van der Waals surface area (Å²) in [5.41, 5.74) is 5.36. The maximum Gasteiger partial charge on any atom is 0.143 e. The molecule has 6 saturated heterocycles. The first kappa shape index (κ1) is 98.7. The van der Waals surface area contributed by atoms with Crippen LogP contribution in [-0.2, 0) is 67.3 Å². The highest BCUT2D eigenvalue weighted by atomic mass is 19.1. The number of ketones is 6. The lowest BCUT2D eigenvalue weighted by Crippen LogP contribution is -2.46. The second-order valence-electron chi connectivity index (χ2n) is 36.7. The van der Waals surface area contributed by atoms with Crippen LogP contribution in [0.25, 0.3) is 0 Å². The van der Waals surface area contributed by atoms with Crippen molar-refractivity contribution in [3.8, 4) is 0 Å². The minimum Gasteiger partial charge on any atom is -0.301 e. The minimum atomic E-state index is -0.633. The molecule has 12 rings (SSSR count). The maximum absolute atomic E-state index is 13.7. The summed E-state index contributed by atoms with van der Waals surface area (Å²) in [6.07, 6.45) is 14.0. The number of carbonyl (C=O) groups excluding carboxylic acids is 6. The third-order valence-electron chi connectivity index (χ3n) is 26.7. The molecule has 6 heterocycles. The van der Waals surface area contributed by atoms with Gasteiger partial charge in [0.25, 0.3) is 0 Å². The number of Topliss-reactive ketones (excluding diaryl/α,β-unsaturated/α-hetero) is 6. The van der Waals surface area contributed by atoms with Crippen LogP contribution in [-0.4, -0.2) is 179 Å². The molecule has 1 atom stereocenters. The molecular weight excluding hydrogens is 1460 g/mol. The summed E-state index contributed by atoms with van der Waals surface area (Å²) in [6, 6.07) is 52.2. The molecule has 12 nitrogen and oxygen atoms in total. The first-order valence-electron chi connectivity index (χ1n) is 44.0. The zero-order chi connectivity index (χ0) is 84.9. The molecule has 0 saturated carbocycles. The lowest BCUT2D eigenvalue weighted by Gasteiger charge is -2.42. The van der Waals surface area contributed by atoms with Gasteiger partial charge < -0.3 is 29.4 Å². The van der Waals surface area contributed by atoms with Crippen molar-refractivity contribution in [1.82, 2.24) is 29.4 Å². The van der Waals surface area contributed by atoms with Crippen LogP contribution in [0.2, 0.25) is 0 Å². The molecule has 117 heavy (non-hydrogen) atoms. The Morgan fingerprint density at radius 1 is 0.350 bits per heavy atom. The van der Waals surface area contributed by atoms with Crippen LogP contribution in [0.15, 0.2) is 158 Å². The highest BCUT2D eigenvalue weighted by molar-refractivity contribution is 5.89. The van der Waals surface area contributed by atoms with Crippen molar-refractivity contribution in [1.29, 1.82) is 0 Å². The van der Waals surface area contributed by atoms with Crippen molar-refractivity contribution in [2.75, 3.05) is 78.5 Å². The fourth-order valence-electron chi connectivity index (χ4n) is 17.1. The maximum atomic E-state index is 13.7. The van der Waals surface area contributed by atoms with E-state index in [9.17, 15) is 41.9 Å². The molecule has 0 spiro atoms. The molecular formula is C102H149F3N6O6. The summed E-state index contributed by atoms with van der Waals surface area (Å²) in [4.78, 5) is 89.5. The Balaban J connectivity index is 0.000000218. The molecule has 6 aromatic rings. The summed E-state index contributed by atoms with van der Waals surface area (Å²) in [7, 11) is 0. The first-order valence-corrected chi connectivity index (χ1v) is 44.0. The number of aryl methyl sites for hydroxylation is 1. The van der Waals surface area contributed by atoms with Crippen LogP contribution in [0.4, 0.5) is 13.2 Å². The predicted molar refractivity (Wildman–Crippen MR) is 477 cm³/mol. The van der Waals surface area contributed by atoms with E-state index in [4.69, 9.17) is 0 Å². The summed E-state index contributed by atoms with van der Waals surface area (Å²) >= 11 is 0. The number of carbonyl (C=O) groups is 6. The van der Waals surface area contributed by atoms with E-state index < -0.39 is 17.0 Å². The highest BCUT2D eigenvalue weighted by Gasteiger charge is 2.42. The Morgan fingerprint density at radius 3 is 1.00 bits per heavy atom. The lowest BCUT2D eigenvalue weighted by molar-refractivity contribution is -0.132. The SMILES string of the molecule is C.CC(C)N1CCC(C(=O)Cc2ccccc2)C1.CC(C)N1CCC(C(=O)Cc2ccccc2)CC1.CC(C)N1CCC(C)(C(=O)Cc2c(F)cccc2F)CC1.CC(C)N1CCC(C)(C(=O)Cc2ccccc2)CC1.CCC1(C(=O)Cc2ccccc2)CCN(C(C)C)CC1.Cc1ccc(F)cc1CC(=O)C1(C)CCN(C(C)C)CC1. The van der Waals surface area contributed by atoms with Crippen LogP contribution in [0.1, 0.15) is 234 Å². The number of piperidine rings is 5. The van der Waals surface area contributed by atoms with Crippen LogP contribution in [0, 0.1) is 57.9 Å². The topological polar surface area (TPSA) is 122 Å². The van der Waals surface area contributed by atoms with E-state index in [0.29, 0.717) is 91.5 Å². The fraction of sp³-hybridized carbons (Fsp3) is 0.588. The van der Waals surface area contributed by atoms with Crippen molar-refractivity contribution in [3.63, 3.8) is 0 Å². The summed E-state index contributed by atoms with van der Waals surface area (Å²) in [5, 5.41) is 0. The Labute approximate surface area is 705 Å². The second kappa shape index (κ2) is 47.8. The number of hydrogen-bond acceptors (Lipinski definition) is 12. The third-order valence-corrected chi connectivity index (χ3v) is 26.7. The van der Waals surface area contributed by atoms with Crippen LogP contribution in [0.3, 0.4) is 0 Å². The van der Waals surface area contributed by atoms with E-state index in [1.807, 2.05) is 123 Å². The molecule has 0 aliphatic carbocycles. The first-order chi connectivity index (χ1) is 55.1. The summed E-state index contributed by atoms with van der Waals surface area (Å²) in [6.45, 7) is 48.8. The van der Waals surface area contributed by atoms with Gasteiger partial charge in [0.15, 0.2) is 0 Å². The molecule has 0 aromatic heterocycles. The Bertz CT molecular complexity index is 3940. The molecule has 644 valence electrons. The van der Waals surface area contributed by atoms with Gasteiger partial charge in [0.05, 0.1) is 0 Å². The Morgan fingerprint density at radius 2 is 0.650 bits per heavy atom. The van der Waals surface area contributed by atoms with Crippen molar-refractivity contribution < 1.29 is 41.9 Å². The van der Waals surface area contributed by atoms with E-state index >= 15 is 0 Å². The largest absolute Gasteiger partial charge is 0.301 e. The number of benzene rings is 6. The molecule has 6 aromatic carbocycles. The van der Waals surface area contributed by atoms with Crippen molar-refractivity contribution >= 4 is 34.7 Å². The molecule has 6 fully saturated rings. The standard InChI is InChI=1S/C18H26FNO.C18H27NO.C17H23F2NO.C17H25NO.C16H23NO.C15H21NO.CH4/c1-13(2)20-9-7-18(4,8-10-20)17(21)12-15-11-16(19)6-5-14(15)3;1-4-18(10-12-19(13-11-18)15(2)3)17(20)14-16-8-6-5-7-9-16;1-12(2)20-9-7-17(3,8-10-20)16(21)11-13-14(18)5-4-6-15(13)19;1-14(2)18-11-9-17(3,10-12-18)16(19)13-15-7-5-4-6-8-15;1-13(2)17-10-8-15(9-11-17)16(18)12-14-6-4-3-5-7-14;1-12(2)16-9-8-14(11-16)15(17)10-13-6-4-3-5-7-13;/h5-6,11,13H,7-10,12H2,1-4H3;5-9,15H,4,10-14H2,1-3H3;4-6,12H,7-11H2,1-3H3;4-8,14H,9-13H2,1-3H3;3-7,13,15H,8-12H2,1-2H3;3-7,12,14H,8-11H2,1-2H3;1H4. The lowest BCUT2D eigenvalue weighted by atomic mass is 9.71. The van der Waals surface area contributed by atoms with E-state index in [0.717, 1.165) is 189 Å². The van der Waals surface area contributed by atoms with E-state index in [1.165, 1.54) is 30.3 Å². The summed E-state index contributed by atoms with van der Waals surface area (Å²) < 4.78 is 40.7. The van der Waals surface area contributed by atoms with Gasteiger partial charge in [-0.25, -0.2) is 13.2 Å². The van der Waals surface area contributed by atoms with E-state index in [-0.39, 0.29) is 64.9 Å². The van der Waals surface area contributed by atoms with Gasteiger partial charge >= 0.3 is 0 Å². The highest BCUT2D eigenvalue weighted by Crippen LogP contribution is 2.40. The van der Waals surface area contributed by atoms with Gasteiger partial charge in [-0.1, -0.05) is 169 Å². The Hall–Kier alpha value is -7.11. The molecule has 6 aliphatic rings. The predicted octanol–water partition coefficient (Wildman–Crippen LogP) is 20.4. The van der Waals surface area contributed by atoms with Gasteiger partial charge in [0.1, 0.15) is 52.2 Å². The molecule has 0 N–H and O–H groups in total. The van der Waals surface area contributed by atoms with Gasteiger partial charge in [-0.15, -0.1) is 0 Å². The molecule has 1 unspecified atom stereocenters. The van der Waals surface area contributed by atoms with Crippen LogP contribution < -0.4 is 0 Å². The fourth-order valence-corrected chi connectivity index (χ4v) is 17.1. The van der Waals surface area contributed by atoms with Gasteiger partial charge in [-0.3, -0.25) is 28.8 Å². The molecule has 0 bridgehead atoms. The minimum absolute atomic E-state index is 0. The summed E-state index contributed by atoms with van der Waals surface area (Å²) in [5.74, 6) is 0.856. The number of likely N-dealkylation sites (tertiary alicyclic amines) is 6. The molecule has 0 amide bonds. The van der Waals surface area contributed by atoms with Gasteiger partial charge in [-0.05, 0) is 297 Å². The van der Waals surface area contributed by atoms with E-state index in [1.54, 1.807) is 6.07 Å². The van der Waals surface area contributed by atoms with E-state index in [2.05, 4.69) is 145 Å². The normalized spacial score (nSPS) is 19.1. The third kappa shape index (κ3) is 30.5. The smallest absolute Gasteiger partial charge is 0.143 e. The number of rotatable bonds is 25. The molecule has 15 heteroatoms. The zero-order valence-corrected chi connectivity index (χ0v) is 74.1.